The fourth-order valence-electron chi connectivity index (χ4n) is 2.03. The van der Waals surface area contributed by atoms with Crippen LogP contribution in [0.5, 0.6) is 0 Å². The van der Waals surface area contributed by atoms with Crippen molar-refractivity contribution in [2.75, 3.05) is 0 Å². The molecule has 1 aromatic heterocycles. The van der Waals surface area contributed by atoms with Gasteiger partial charge in [0.1, 0.15) is 0 Å². The highest BCUT2D eigenvalue weighted by atomic mass is 32.1. The summed E-state index contributed by atoms with van der Waals surface area (Å²) in [4.78, 5) is 12.4. The second kappa shape index (κ2) is 4.38. The number of rotatable bonds is 1. The zero-order valence-electron chi connectivity index (χ0n) is 10.3. The van der Waals surface area contributed by atoms with Crippen LogP contribution in [0.25, 0.3) is 15.8 Å². The SMILES string of the molecule is Cc1ccc(C#N)cc1-n1sc2ccccc2c1=O. The Morgan fingerprint density at radius 3 is 2.74 bits per heavy atom. The van der Waals surface area contributed by atoms with E-state index in [1.54, 1.807) is 16.1 Å². The van der Waals surface area contributed by atoms with Gasteiger partial charge in [-0.1, -0.05) is 29.7 Å². The maximum atomic E-state index is 12.4. The molecule has 92 valence electrons. The summed E-state index contributed by atoms with van der Waals surface area (Å²) in [7, 11) is 0. The Hall–Kier alpha value is -2.38. The van der Waals surface area contributed by atoms with E-state index in [9.17, 15) is 4.79 Å². The molecule has 0 bridgehead atoms. The van der Waals surface area contributed by atoms with Gasteiger partial charge in [-0.2, -0.15) is 5.26 Å². The number of nitrogens with zero attached hydrogens (tertiary/aromatic N) is 2. The van der Waals surface area contributed by atoms with Gasteiger partial charge in [0.05, 0.1) is 27.4 Å². The predicted octanol–water partition coefficient (Wildman–Crippen LogP) is 3.23. The van der Waals surface area contributed by atoms with Crippen LogP contribution in [0.3, 0.4) is 0 Å². The first kappa shape index (κ1) is 11.7. The molecule has 0 aliphatic heterocycles. The smallest absolute Gasteiger partial charge is 0.267 e. The monoisotopic (exact) mass is 266 g/mol. The molecule has 0 fully saturated rings. The van der Waals surface area contributed by atoms with Crippen molar-refractivity contribution in [3.63, 3.8) is 0 Å². The summed E-state index contributed by atoms with van der Waals surface area (Å²) in [5.41, 5.74) is 2.29. The van der Waals surface area contributed by atoms with Crippen LogP contribution in [0, 0.1) is 18.3 Å². The fraction of sp³-hybridized carbons (Fsp3) is 0.0667. The van der Waals surface area contributed by atoms with E-state index in [0.29, 0.717) is 10.9 Å². The van der Waals surface area contributed by atoms with Crippen LogP contribution in [0.2, 0.25) is 0 Å². The van der Waals surface area contributed by atoms with E-state index >= 15 is 0 Å². The average molecular weight is 266 g/mol. The molecule has 1 heterocycles. The average Bonchev–Trinajstić information content (AvgIpc) is 2.77. The Balaban J connectivity index is 2.34. The molecule has 0 radical (unpaired) electrons. The summed E-state index contributed by atoms with van der Waals surface area (Å²) in [6.07, 6.45) is 0. The first-order valence-electron chi connectivity index (χ1n) is 5.83. The number of benzene rings is 2. The summed E-state index contributed by atoms with van der Waals surface area (Å²) in [5.74, 6) is 0. The lowest BCUT2D eigenvalue weighted by atomic mass is 10.1. The molecule has 0 saturated carbocycles. The summed E-state index contributed by atoms with van der Waals surface area (Å²) in [5, 5.41) is 9.69. The lowest BCUT2D eigenvalue weighted by Gasteiger charge is -2.04. The molecule has 0 N–H and O–H groups in total. The minimum Gasteiger partial charge on any atom is -0.267 e. The molecular formula is C15H10N2OS. The second-order valence-corrected chi connectivity index (χ2v) is 5.29. The quantitative estimate of drug-likeness (QED) is 0.678. The largest absolute Gasteiger partial charge is 0.273 e. The van der Waals surface area contributed by atoms with E-state index in [2.05, 4.69) is 6.07 Å². The molecule has 0 spiro atoms. The minimum absolute atomic E-state index is 0.0289. The van der Waals surface area contributed by atoms with E-state index in [1.807, 2.05) is 37.3 Å². The normalized spacial score (nSPS) is 10.5. The highest BCUT2D eigenvalue weighted by molar-refractivity contribution is 7.14. The maximum Gasteiger partial charge on any atom is 0.273 e. The molecule has 0 unspecified atom stereocenters. The Kier molecular flexibility index (Phi) is 2.69. The Bertz CT molecular complexity index is 868. The standard InChI is InChI=1S/C15H10N2OS/c1-10-6-7-11(9-16)8-13(10)17-15(18)12-4-2-3-5-14(12)19-17/h2-8H,1H3. The first-order chi connectivity index (χ1) is 9.20. The number of fused-ring (bicyclic) bond motifs is 1. The molecule has 0 aliphatic carbocycles. The van der Waals surface area contributed by atoms with Crippen molar-refractivity contribution in [2.24, 2.45) is 0 Å². The van der Waals surface area contributed by atoms with Crippen LogP contribution < -0.4 is 5.56 Å². The molecule has 0 amide bonds. The van der Waals surface area contributed by atoms with Crippen molar-refractivity contribution in [2.45, 2.75) is 6.92 Å². The Morgan fingerprint density at radius 2 is 2.00 bits per heavy atom. The van der Waals surface area contributed by atoms with Gasteiger partial charge in [-0.3, -0.25) is 4.79 Å². The van der Waals surface area contributed by atoms with E-state index in [0.717, 1.165) is 16.0 Å². The van der Waals surface area contributed by atoms with Gasteiger partial charge >= 0.3 is 0 Å². The predicted molar refractivity (Wildman–Crippen MR) is 76.9 cm³/mol. The van der Waals surface area contributed by atoms with Crippen molar-refractivity contribution in [1.82, 2.24) is 3.96 Å². The van der Waals surface area contributed by atoms with Gasteiger partial charge < -0.3 is 0 Å². The van der Waals surface area contributed by atoms with Gasteiger partial charge in [-0.05, 0) is 36.8 Å². The number of nitriles is 1. The highest BCUT2D eigenvalue weighted by Gasteiger charge is 2.11. The van der Waals surface area contributed by atoms with Crippen LogP contribution in [0.4, 0.5) is 0 Å². The van der Waals surface area contributed by atoms with Crippen molar-refractivity contribution in [3.8, 4) is 11.8 Å². The minimum atomic E-state index is -0.0289. The summed E-state index contributed by atoms with van der Waals surface area (Å²) in [6, 6.07) is 15.0. The third kappa shape index (κ3) is 1.85. The lowest BCUT2D eigenvalue weighted by Crippen LogP contribution is -2.11. The Labute approximate surface area is 114 Å². The van der Waals surface area contributed by atoms with Crippen molar-refractivity contribution >= 4 is 21.6 Å². The van der Waals surface area contributed by atoms with Crippen molar-refractivity contribution in [1.29, 1.82) is 5.26 Å². The molecule has 3 nitrogen and oxygen atoms in total. The van der Waals surface area contributed by atoms with Crippen LogP contribution >= 0.6 is 11.5 Å². The van der Waals surface area contributed by atoms with Gasteiger partial charge in [-0.15, -0.1) is 0 Å². The molecule has 19 heavy (non-hydrogen) atoms. The van der Waals surface area contributed by atoms with Crippen molar-refractivity contribution in [3.05, 3.63) is 63.9 Å². The molecule has 0 aliphatic rings. The topological polar surface area (TPSA) is 45.8 Å². The van der Waals surface area contributed by atoms with Crippen LogP contribution in [-0.4, -0.2) is 3.96 Å². The van der Waals surface area contributed by atoms with E-state index in [1.165, 1.54) is 11.5 Å². The molecule has 2 aromatic carbocycles. The number of aryl methyl sites for hydroxylation is 1. The van der Waals surface area contributed by atoms with Crippen LogP contribution in [-0.2, 0) is 0 Å². The third-order valence-corrected chi connectivity index (χ3v) is 4.15. The van der Waals surface area contributed by atoms with Gasteiger partial charge in [0, 0.05) is 0 Å². The van der Waals surface area contributed by atoms with E-state index in [4.69, 9.17) is 5.26 Å². The molecule has 3 rings (SSSR count). The van der Waals surface area contributed by atoms with E-state index in [-0.39, 0.29) is 5.56 Å². The van der Waals surface area contributed by atoms with Crippen LogP contribution in [0.1, 0.15) is 11.1 Å². The highest BCUT2D eigenvalue weighted by Crippen LogP contribution is 2.22. The molecule has 3 aromatic rings. The Morgan fingerprint density at radius 1 is 1.21 bits per heavy atom. The van der Waals surface area contributed by atoms with Gasteiger partial charge in [0.25, 0.3) is 5.56 Å². The van der Waals surface area contributed by atoms with Gasteiger partial charge in [0.15, 0.2) is 0 Å². The zero-order valence-corrected chi connectivity index (χ0v) is 11.1. The molecule has 4 heteroatoms. The van der Waals surface area contributed by atoms with Crippen LogP contribution in [0.15, 0.2) is 47.3 Å². The molecular weight excluding hydrogens is 256 g/mol. The first-order valence-corrected chi connectivity index (χ1v) is 6.60. The summed E-state index contributed by atoms with van der Waals surface area (Å²) in [6.45, 7) is 1.94. The maximum absolute atomic E-state index is 12.4. The number of hydrogen-bond acceptors (Lipinski definition) is 3. The second-order valence-electron chi connectivity index (χ2n) is 4.30. The number of hydrogen-bond donors (Lipinski definition) is 0. The summed E-state index contributed by atoms with van der Waals surface area (Å²) < 4.78 is 2.61. The van der Waals surface area contributed by atoms with E-state index < -0.39 is 0 Å². The van der Waals surface area contributed by atoms with Gasteiger partial charge in [-0.25, -0.2) is 3.96 Å². The fourth-order valence-corrected chi connectivity index (χ4v) is 3.09. The lowest BCUT2D eigenvalue weighted by molar-refractivity contribution is 1.12. The third-order valence-electron chi connectivity index (χ3n) is 3.05. The number of aromatic nitrogens is 1. The van der Waals surface area contributed by atoms with Crippen molar-refractivity contribution < 1.29 is 0 Å². The summed E-state index contributed by atoms with van der Waals surface area (Å²) >= 11 is 1.41. The molecule has 0 atom stereocenters. The van der Waals surface area contributed by atoms with Gasteiger partial charge in [0.2, 0.25) is 0 Å². The molecule has 0 saturated heterocycles. The zero-order chi connectivity index (χ0) is 13.4.